The van der Waals surface area contributed by atoms with Gasteiger partial charge in [-0.25, -0.2) is 19.2 Å². The summed E-state index contributed by atoms with van der Waals surface area (Å²) < 4.78 is 19.8. The third kappa shape index (κ3) is 7.76. The van der Waals surface area contributed by atoms with Crippen molar-refractivity contribution < 1.29 is 18.7 Å². The van der Waals surface area contributed by atoms with Gasteiger partial charge in [-0.05, 0) is 43.5 Å². The molecule has 0 spiro atoms. The molecule has 1 fully saturated rings. The van der Waals surface area contributed by atoms with Crippen LogP contribution in [-0.4, -0.2) is 53.1 Å². The number of anilines is 2. The maximum atomic E-state index is 14.4. The first-order valence-corrected chi connectivity index (χ1v) is 13.2. The minimum absolute atomic E-state index is 0.0957. The van der Waals surface area contributed by atoms with Gasteiger partial charge in [0.15, 0.2) is 17.4 Å². The standard InChI is InChI=1S/C27H31ClFN7O3/c1-39-23-16-33-24(19-14-17(28)8-9-21(19)29)36-25(23)35-22-10-13-30-15-20(22)26(37)31-11-5-12-32-27(38)34-18-6-3-2-4-7-18/h8-10,13-16,18H,2-7,11-12H2,1H3,(H,31,37)(H2,32,34,38)(H,30,33,35,36). The number of hydrogen-bond acceptors (Lipinski definition) is 7. The van der Waals surface area contributed by atoms with E-state index >= 15 is 0 Å². The van der Waals surface area contributed by atoms with Crippen LogP contribution in [0.4, 0.5) is 20.7 Å². The van der Waals surface area contributed by atoms with E-state index in [9.17, 15) is 14.0 Å². The highest BCUT2D eigenvalue weighted by molar-refractivity contribution is 6.30. The molecule has 2 heterocycles. The van der Waals surface area contributed by atoms with Crippen LogP contribution in [-0.2, 0) is 0 Å². The van der Waals surface area contributed by atoms with Crippen molar-refractivity contribution in [2.24, 2.45) is 0 Å². The molecule has 39 heavy (non-hydrogen) atoms. The molecule has 4 N–H and O–H groups in total. The number of urea groups is 1. The van der Waals surface area contributed by atoms with Gasteiger partial charge in [0, 0.05) is 36.5 Å². The first-order chi connectivity index (χ1) is 18.9. The van der Waals surface area contributed by atoms with Gasteiger partial charge in [-0.1, -0.05) is 30.9 Å². The Kier molecular flexibility index (Phi) is 9.85. The van der Waals surface area contributed by atoms with Gasteiger partial charge in [-0.2, -0.15) is 0 Å². The fraction of sp³-hybridized carbons (Fsp3) is 0.370. The van der Waals surface area contributed by atoms with Crippen molar-refractivity contribution >= 4 is 35.0 Å². The number of aromatic nitrogens is 3. The van der Waals surface area contributed by atoms with E-state index < -0.39 is 5.82 Å². The number of amides is 3. The molecule has 1 aromatic carbocycles. The quantitative estimate of drug-likeness (QED) is 0.263. The predicted octanol–water partition coefficient (Wildman–Crippen LogP) is 4.84. The number of carbonyl (C=O) groups is 2. The molecule has 0 atom stereocenters. The Labute approximate surface area is 231 Å². The third-order valence-electron chi connectivity index (χ3n) is 6.33. The van der Waals surface area contributed by atoms with E-state index in [1.54, 1.807) is 6.07 Å². The Morgan fingerprint density at radius 3 is 2.69 bits per heavy atom. The Morgan fingerprint density at radius 2 is 1.90 bits per heavy atom. The molecule has 0 saturated heterocycles. The number of nitrogens with zero attached hydrogens (tertiary/aromatic N) is 3. The average molecular weight is 556 g/mol. The number of hydrogen-bond donors (Lipinski definition) is 4. The molecule has 4 rings (SSSR count). The molecule has 206 valence electrons. The molecular formula is C27H31ClFN7O3. The number of carbonyl (C=O) groups excluding carboxylic acids is 2. The number of nitrogens with one attached hydrogen (secondary N) is 4. The summed E-state index contributed by atoms with van der Waals surface area (Å²) in [6, 6.07) is 5.79. The summed E-state index contributed by atoms with van der Waals surface area (Å²) in [6.45, 7) is 0.782. The van der Waals surface area contributed by atoms with E-state index in [2.05, 4.69) is 36.2 Å². The average Bonchev–Trinajstić information content (AvgIpc) is 2.95. The summed E-state index contributed by atoms with van der Waals surface area (Å²) in [6.07, 6.45) is 10.5. The van der Waals surface area contributed by atoms with Crippen molar-refractivity contribution in [3.8, 4) is 17.1 Å². The minimum Gasteiger partial charge on any atom is -0.491 e. The zero-order valence-corrected chi connectivity index (χ0v) is 22.4. The lowest BCUT2D eigenvalue weighted by Gasteiger charge is -2.22. The van der Waals surface area contributed by atoms with Crippen LogP contribution in [0.1, 0.15) is 48.9 Å². The van der Waals surface area contributed by atoms with Crippen LogP contribution in [0, 0.1) is 5.82 Å². The Morgan fingerprint density at radius 1 is 1.10 bits per heavy atom. The number of rotatable bonds is 10. The highest BCUT2D eigenvalue weighted by Gasteiger charge is 2.18. The monoisotopic (exact) mass is 555 g/mol. The number of halogens is 2. The molecule has 3 aromatic rings. The third-order valence-corrected chi connectivity index (χ3v) is 6.56. The SMILES string of the molecule is COc1cnc(-c2cc(Cl)ccc2F)nc1Nc1ccncc1C(=O)NCCCNC(=O)NC1CCCCC1. The molecule has 0 bridgehead atoms. The zero-order chi connectivity index (χ0) is 27.6. The van der Waals surface area contributed by atoms with Gasteiger partial charge in [0.2, 0.25) is 0 Å². The van der Waals surface area contributed by atoms with Gasteiger partial charge in [0.1, 0.15) is 5.82 Å². The summed E-state index contributed by atoms with van der Waals surface area (Å²) in [5.74, 6) is -0.262. The summed E-state index contributed by atoms with van der Waals surface area (Å²) in [4.78, 5) is 37.7. The molecule has 12 heteroatoms. The largest absolute Gasteiger partial charge is 0.491 e. The van der Waals surface area contributed by atoms with Crippen molar-refractivity contribution in [2.45, 2.75) is 44.6 Å². The fourth-order valence-corrected chi connectivity index (χ4v) is 4.46. The molecule has 10 nitrogen and oxygen atoms in total. The first kappa shape index (κ1) is 28.0. The van der Waals surface area contributed by atoms with Crippen molar-refractivity contribution in [2.75, 3.05) is 25.5 Å². The lowest BCUT2D eigenvalue weighted by molar-refractivity contribution is 0.0954. The zero-order valence-electron chi connectivity index (χ0n) is 21.6. The van der Waals surface area contributed by atoms with Crippen LogP contribution < -0.4 is 26.0 Å². The second-order valence-electron chi connectivity index (χ2n) is 9.13. The highest BCUT2D eigenvalue weighted by atomic mass is 35.5. The molecule has 0 aliphatic heterocycles. The molecule has 3 amide bonds. The van der Waals surface area contributed by atoms with Crippen molar-refractivity contribution in [1.82, 2.24) is 30.9 Å². The smallest absolute Gasteiger partial charge is 0.315 e. The molecule has 1 aliphatic carbocycles. The first-order valence-electron chi connectivity index (χ1n) is 12.8. The summed E-state index contributed by atoms with van der Waals surface area (Å²) in [5, 5.41) is 12.1. The summed E-state index contributed by atoms with van der Waals surface area (Å²) in [5.41, 5.74) is 0.820. The fourth-order valence-electron chi connectivity index (χ4n) is 4.29. The predicted molar refractivity (Wildman–Crippen MR) is 147 cm³/mol. The minimum atomic E-state index is -0.527. The number of methoxy groups -OCH3 is 1. The van der Waals surface area contributed by atoms with Gasteiger partial charge in [0.05, 0.1) is 30.1 Å². The van der Waals surface area contributed by atoms with E-state index in [0.29, 0.717) is 36.0 Å². The van der Waals surface area contributed by atoms with Gasteiger partial charge in [-0.15, -0.1) is 0 Å². The summed E-state index contributed by atoms with van der Waals surface area (Å²) in [7, 11) is 1.45. The number of pyridine rings is 1. The Hall–Kier alpha value is -3.99. The normalized spacial score (nSPS) is 13.4. The summed E-state index contributed by atoms with van der Waals surface area (Å²) >= 11 is 6.03. The molecule has 1 aliphatic rings. The van der Waals surface area contributed by atoms with Crippen LogP contribution in [0.2, 0.25) is 5.02 Å². The van der Waals surface area contributed by atoms with Gasteiger partial charge < -0.3 is 26.0 Å². The van der Waals surface area contributed by atoms with E-state index in [4.69, 9.17) is 16.3 Å². The number of benzene rings is 1. The lowest BCUT2D eigenvalue weighted by Crippen LogP contribution is -2.43. The van der Waals surface area contributed by atoms with Crippen LogP contribution >= 0.6 is 11.6 Å². The second-order valence-corrected chi connectivity index (χ2v) is 9.56. The van der Waals surface area contributed by atoms with Crippen LogP contribution in [0.15, 0.2) is 42.9 Å². The van der Waals surface area contributed by atoms with Crippen molar-refractivity contribution in [1.29, 1.82) is 0 Å². The topological polar surface area (TPSA) is 130 Å². The van der Waals surface area contributed by atoms with Gasteiger partial charge >= 0.3 is 6.03 Å². The molecule has 0 unspecified atom stereocenters. The van der Waals surface area contributed by atoms with E-state index in [1.165, 1.54) is 50.3 Å². The van der Waals surface area contributed by atoms with Crippen molar-refractivity contribution in [3.05, 3.63) is 59.3 Å². The Bertz CT molecular complexity index is 1300. The van der Waals surface area contributed by atoms with Crippen LogP contribution in [0.25, 0.3) is 11.4 Å². The molecule has 0 radical (unpaired) electrons. The highest BCUT2D eigenvalue weighted by Crippen LogP contribution is 2.30. The van der Waals surface area contributed by atoms with E-state index in [-0.39, 0.29) is 40.7 Å². The molecule has 1 saturated carbocycles. The Balaban J connectivity index is 1.36. The molecule has 2 aromatic heterocycles. The van der Waals surface area contributed by atoms with Gasteiger partial charge in [-0.3, -0.25) is 9.78 Å². The van der Waals surface area contributed by atoms with Crippen LogP contribution in [0.5, 0.6) is 5.75 Å². The van der Waals surface area contributed by atoms with Crippen LogP contribution in [0.3, 0.4) is 0 Å². The molecular weight excluding hydrogens is 525 g/mol. The maximum Gasteiger partial charge on any atom is 0.315 e. The second kappa shape index (κ2) is 13.7. The lowest BCUT2D eigenvalue weighted by atomic mass is 9.96. The van der Waals surface area contributed by atoms with E-state index in [0.717, 1.165) is 25.7 Å². The van der Waals surface area contributed by atoms with Crippen molar-refractivity contribution in [3.63, 3.8) is 0 Å². The maximum absolute atomic E-state index is 14.4. The van der Waals surface area contributed by atoms with E-state index in [1.807, 2.05) is 0 Å². The van der Waals surface area contributed by atoms with Gasteiger partial charge in [0.25, 0.3) is 5.91 Å². The number of ether oxygens (including phenoxy) is 1.